The van der Waals surface area contributed by atoms with E-state index >= 15 is 0 Å². The maximum absolute atomic E-state index is 13.4. The molecule has 1 aliphatic heterocycles. The highest BCUT2D eigenvalue weighted by molar-refractivity contribution is 6.16. The van der Waals surface area contributed by atoms with E-state index in [1.54, 1.807) is 23.2 Å². The molecule has 170 valence electrons. The Kier molecular flexibility index (Phi) is 5.49. The van der Waals surface area contributed by atoms with Crippen molar-refractivity contribution in [2.24, 2.45) is 0 Å². The molecule has 2 aromatic carbocycles. The Hall–Kier alpha value is -4.19. The molecular weight excluding hydrogens is 426 g/mol. The third-order valence-electron chi connectivity index (χ3n) is 6.41. The number of hydrogen-bond acceptors (Lipinski definition) is 4. The number of aryl methyl sites for hydroxylation is 2. The van der Waals surface area contributed by atoms with E-state index in [2.05, 4.69) is 28.2 Å². The summed E-state index contributed by atoms with van der Waals surface area (Å²) in [6.45, 7) is 4.38. The van der Waals surface area contributed by atoms with E-state index in [1.807, 2.05) is 44.3 Å². The lowest BCUT2D eigenvalue weighted by Crippen LogP contribution is -2.33. The van der Waals surface area contributed by atoms with E-state index in [1.165, 1.54) is 11.8 Å². The van der Waals surface area contributed by atoms with Crippen LogP contribution in [-0.2, 0) is 11.2 Å². The predicted molar refractivity (Wildman–Crippen MR) is 131 cm³/mol. The quantitative estimate of drug-likeness (QED) is 0.404. The smallest absolute Gasteiger partial charge is 0.290 e. The van der Waals surface area contributed by atoms with Crippen LogP contribution < -0.4 is 0 Å². The van der Waals surface area contributed by atoms with Crippen LogP contribution in [-0.4, -0.2) is 38.2 Å². The first kappa shape index (κ1) is 21.6. The van der Waals surface area contributed by atoms with Crippen LogP contribution in [0.15, 0.2) is 84.5 Å². The van der Waals surface area contributed by atoms with Crippen molar-refractivity contribution in [1.82, 2.24) is 14.9 Å². The summed E-state index contributed by atoms with van der Waals surface area (Å²) >= 11 is 0. The standard InChI is InChI=1S/C28H25N3O3/c1-17-5-8-19(9-6-17)25-24(26(32)21-4-3-12-29-15-21)27(33)28(34)31(25)13-11-20-16-30-23-14-18(2)7-10-22(20)23/h3-10,12,14-16,25,30,33H,11,13H2,1-2H3. The molecule has 0 fully saturated rings. The Morgan fingerprint density at radius 3 is 2.59 bits per heavy atom. The maximum atomic E-state index is 13.4. The summed E-state index contributed by atoms with van der Waals surface area (Å²) in [5, 5.41) is 12.0. The van der Waals surface area contributed by atoms with E-state index in [-0.39, 0.29) is 5.57 Å². The number of hydrogen-bond donors (Lipinski definition) is 2. The molecule has 0 saturated heterocycles. The molecule has 0 radical (unpaired) electrons. The first-order valence-electron chi connectivity index (χ1n) is 11.3. The molecule has 3 heterocycles. The van der Waals surface area contributed by atoms with Gasteiger partial charge in [0.1, 0.15) is 0 Å². The molecule has 34 heavy (non-hydrogen) atoms. The van der Waals surface area contributed by atoms with E-state index in [4.69, 9.17) is 0 Å². The van der Waals surface area contributed by atoms with Crippen molar-refractivity contribution < 1.29 is 14.7 Å². The van der Waals surface area contributed by atoms with Crippen LogP contribution in [0.25, 0.3) is 10.9 Å². The summed E-state index contributed by atoms with van der Waals surface area (Å²) in [5.74, 6) is -1.42. The van der Waals surface area contributed by atoms with Crippen LogP contribution in [0.5, 0.6) is 0 Å². The van der Waals surface area contributed by atoms with E-state index in [0.29, 0.717) is 18.5 Å². The fraction of sp³-hybridized carbons (Fsp3) is 0.179. The first-order chi connectivity index (χ1) is 16.4. The number of rotatable bonds is 6. The number of carbonyl (C=O) groups excluding carboxylic acids is 2. The number of nitrogens with zero attached hydrogens (tertiary/aromatic N) is 2. The summed E-state index contributed by atoms with van der Waals surface area (Å²) in [5.41, 5.74) is 5.58. The van der Waals surface area contributed by atoms with Gasteiger partial charge in [0.25, 0.3) is 5.91 Å². The molecule has 0 saturated carbocycles. The van der Waals surface area contributed by atoms with Gasteiger partial charge in [-0.3, -0.25) is 14.6 Å². The molecule has 4 aromatic rings. The van der Waals surface area contributed by atoms with E-state index in [9.17, 15) is 14.7 Å². The molecule has 1 unspecified atom stereocenters. The third kappa shape index (κ3) is 3.77. The van der Waals surface area contributed by atoms with E-state index in [0.717, 1.165) is 27.6 Å². The second-order valence-electron chi connectivity index (χ2n) is 8.76. The minimum Gasteiger partial charge on any atom is -0.503 e. The number of Topliss-reactive ketones (excluding diaryl/α,β-unsaturated/α-hetero) is 1. The number of aromatic amines is 1. The molecule has 0 aliphatic carbocycles. The molecule has 6 nitrogen and oxygen atoms in total. The number of aromatic nitrogens is 2. The number of ketones is 1. The predicted octanol–water partition coefficient (Wildman–Crippen LogP) is 5.00. The maximum Gasteiger partial charge on any atom is 0.290 e. The normalized spacial score (nSPS) is 16.0. The average molecular weight is 452 g/mol. The van der Waals surface area contributed by atoms with Gasteiger partial charge in [-0.25, -0.2) is 0 Å². The summed E-state index contributed by atoms with van der Waals surface area (Å²) < 4.78 is 0. The minimum atomic E-state index is -0.673. The fourth-order valence-corrected chi connectivity index (χ4v) is 4.61. The Bertz CT molecular complexity index is 1420. The summed E-state index contributed by atoms with van der Waals surface area (Å²) in [7, 11) is 0. The number of amides is 1. The van der Waals surface area contributed by atoms with Gasteiger partial charge in [-0.2, -0.15) is 0 Å². The molecule has 1 aliphatic rings. The molecule has 1 atom stereocenters. The van der Waals surface area contributed by atoms with Crippen molar-refractivity contribution in [3.8, 4) is 0 Å². The highest BCUT2D eigenvalue weighted by Gasteiger charge is 2.43. The van der Waals surface area contributed by atoms with Crippen molar-refractivity contribution in [2.75, 3.05) is 6.54 Å². The van der Waals surface area contributed by atoms with Crippen LogP contribution >= 0.6 is 0 Å². The molecule has 6 heteroatoms. The van der Waals surface area contributed by atoms with E-state index < -0.39 is 23.5 Å². The van der Waals surface area contributed by atoms with Gasteiger partial charge in [0.15, 0.2) is 11.5 Å². The molecule has 1 amide bonds. The van der Waals surface area contributed by atoms with Gasteiger partial charge in [0.2, 0.25) is 0 Å². The summed E-state index contributed by atoms with van der Waals surface area (Å²) in [6, 6.07) is 16.6. The third-order valence-corrected chi connectivity index (χ3v) is 6.41. The molecule has 0 bridgehead atoms. The van der Waals surface area contributed by atoms with Crippen molar-refractivity contribution >= 4 is 22.6 Å². The van der Waals surface area contributed by atoms with Gasteiger partial charge in [0.05, 0.1) is 11.6 Å². The summed E-state index contributed by atoms with van der Waals surface area (Å²) in [6.07, 6.45) is 5.58. The largest absolute Gasteiger partial charge is 0.503 e. The highest BCUT2D eigenvalue weighted by Crippen LogP contribution is 2.39. The number of aliphatic hydroxyl groups excluding tert-OH is 1. The van der Waals surface area contributed by atoms with Crippen LogP contribution in [0, 0.1) is 13.8 Å². The van der Waals surface area contributed by atoms with Crippen molar-refractivity contribution in [2.45, 2.75) is 26.3 Å². The van der Waals surface area contributed by atoms with Gasteiger partial charge in [-0.05, 0) is 55.2 Å². The monoisotopic (exact) mass is 451 g/mol. The second-order valence-corrected chi connectivity index (χ2v) is 8.76. The molecular formula is C28H25N3O3. The van der Waals surface area contributed by atoms with Crippen molar-refractivity contribution in [1.29, 1.82) is 0 Å². The van der Waals surface area contributed by atoms with Gasteiger partial charge in [0, 0.05) is 41.6 Å². The average Bonchev–Trinajstić information content (AvgIpc) is 3.36. The number of carbonyl (C=O) groups is 2. The van der Waals surface area contributed by atoms with Crippen LogP contribution in [0.3, 0.4) is 0 Å². The zero-order valence-electron chi connectivity index (χ0n) is 19.1. The molecule has 5 rings (SSSR count). The fourth-order valence-electron chi connectivity index (χ4n) is 4.61. The lowest BCUT2D eigenvalue weighted by molar-refractivity contribution is -0.129. The second kappa shape index (κ2) is 8.63. The molecule has 0 spiro atoms. The number of H-pyrrole nitrogens is 1. The van der Waals surface area contributed by atoms with Crippen LogP contribution in [0.4, 0.5) is 0 Å². The zero-order chi connectivity index (χ0) is 23.8. The Labute approximate surface area is 197 Å². The minimum absolute atomic E-state index is 0.0939. The SMILES string of the molecule is Cc1ccc(C2C(C(=O)c3cccnc3)=C(O)C(=O)N2CCc2c[nH]c3cc(C)ccc23)cc1. The number of aliphatic hydroxyl groups is 1. The first-order valence-corrected chi connectivity index (χ1v) is 11.3. The Balaban J connectivity index is 1.51. The molecule has 2 N–H and O–H groups in total. The lowest BCUT2D eigenvalue weighted by atomic mass is 9.93. The highest BCUT2D eigenvalue weighted by atomic mass is 16.3. The van der Waals surface area contributed by atoms with Crippen molar-refractivity contribution in [3.05, 3.63) is 112 Å². The van der Waals surface area contributed by atoms with Gasteiger partial charge in [-0.1, -0.05) is 42.0 Å². The van der Waals surface area contributed by atoms with Gasteiger partial charge >= 0.3 is 0 Å². The Morgan fingerprint density at radius 1 is 1.09 bits per heavy atom. The van der Waals surface area contributed by atoms with Gasteiger partial charge < -0.3 is 15.0 Å². The number of pyridine rings is 1. The number of fused-ring (bicyclic) bond motifs is 1. The number of nitrogens with one attached hydrogen (secondary N) is 1. The summed E-state index contributed by atoms with van der Waals surface area (Å²) in [4.78, 5) is 35.5. The van der Waals surface area contributed by atoms with Crippen LogP contribution in [0.2, 0.25) is 0 Å². The zero-order valence-corrected chi connectivity index (χ0v) is 19.1. The topological polar surface area (TPSA) is 86.3 Å². The lowest BCUT2D eigenvalue weighted by Gasteiger charge is -2.27. The number of benzene rings is 2. The van der Waals surface area contributed by atoms with Crippen LogP contribution in [0.1, 0.15) is 38.7 Å². The molecule has 2 aromatic heterocycles. The van der Waals surface area contributed by atoms with Crippen molar-refractivity contribution in [3.63, 3.8) is 0 Å². The Morgan fingerprint density at radius 2 is 1.85 bits per heavy atom. The van der Waals surface area contributed by atoms with Gasteiger partial charge in [-0.15, -0.1) is 0 Å².